The summed E-state index contributed by atoms with van der Waals surface area (Å²) in [5, 5.41) is 3.01. The molecule has 1 N–H and O–H groups in total. The highest BCUT2D eigenvalue weighted by Gasteiger charge is 2.39. The number of halogens is 1. The minimum atomic E-state index is -0.394. The van der Waals surface area contributed by atoms with Crippen LogP contribution in [0.4, 0.5) is 4.39 Å². The summed E-state index contributed by atoms with van der Waals surface area (Å²) in [4.78, 5) is 41.7. The molecular formula is C26H36FN3O5. The lowest BCUT2D eigenvalue weighted by Gasteiger charge is -2.48. The number of amides is 2. The number of esters is 1. The molecule has 2 saturated heterocycles. The lowest BCUT2D eigenvalue weighted by atomic mass is 9.79. The first-order chi connectivity index (χ1) is 17.0. The Labute approximate surface area is 206 Å². The fourth-order valence-electron chi connectivity index (χ4n) is 5.51. The van der Waals surface area contributed by atoms with Crippen LogP contribution in [0.2, 0.25) is 0 Å². The van der Waals surface area contributed by atoms with Crippen LogP contribution in [-0.4, -0.2) is 85.7 Å². The Morgan fingerprint density at radius 2 is 1.66 bits per heavy atom. The van der Waals surface area contributed by atoms with Crippen molar-refractivity contribution < 1.29 is 28.2 Å². The lowest BCUT2D eigenvalue weighted by Crippen LogP contribution is -2.59. The highest BCUT2D eigenvalue weighted by molar-refractivity contribution is 5.94. The molecular weight excluding hydrogens is 453 g/mol. The number of nitrogens with one attached hydrogen (secondary N) is 1. The van der Waals surface area contributed by atoms with Crippen molar-refractivity contribution in [1.82, 2.24) is 15.1 Å². The summed E-state index contributed by atoms with van der Waals surface area (Å²) in [6.07, 6.45) is 6.62. The second kappa shape index (κ2) is 11.9. The van der Waals surface area contributed by atoms with E-state index in [0.29, 0.717) is 38.0 Å². The number of benzene rings is 1. The smallest absolute Gasteiger partial charge is 0.309 e. The molecule has 3 fully saturated rings. The molecule has 0 aromatic heterocycles. The monoisotopic (exact) mass is 489 g/mol. The van der Waals surface area contributed by atoms with Crippen LogP contribution in [0.15, 0.2) is 24.3 Å². The summed E-state index contributed by atoms with van der Waals surface area (Å²) in [5.74, 6) is -1.57. The number of ether oxygens (including phenoxy) is 2. The van der Waals surface area contributed by atoms with Crippen molar-refractivity contribution in [3.05, 3.63) is 35.6 Å². The third-order valence-electron chi connectivity index (χ3n) is 7.63. The number of morpholine rings is 1. The number of piperidine rings is 1. The van der Waals surface area contributed by atoms with Crippen molar-refractivity contribution in [2.45, 2.75) is 50.5 Å². The number of hydrogen-bond acceptors (Lipinski definition) is 6. The fourth-order valence-corrected chi connectivity index (χ4v) is 5.51. The van der Waals surface area contributed by atoms with Gasteiger partial charge < -0.3 is 19.7 Å². The minimum Gasteiger partial charge on any atom is -0.455 e. The molecule has 192 valence electrons. The third-order valence-corrected chi connectivity index (χ3v) is 7.63. The predicted octanol–water partition coefficient (Wildman–Crippen LogP) is 2.37. The van der Waals surface area contributed by atoms with E-state index >= 15 is 0 Å². The van der Waals surface area contributed by atoms with Crippen molar-refractivity contribution in [1.29, 1.82) is 0 Å². The second-order valence-electron chi connectivity index (χ2n) is 9.84. The van der Waals surface area contributed by atoms with Gasteiger partial charge in [-0.2, -0.15) is 0 Å². The van der Waals surface area contributed by atoms with Gasteiger partial charge in [0.2, 0.25) is 0 Å². The molecule has 0 unspecified atom stereocenters. The van der Waals surface area contributed by atoms with Gasteiger partial charge in [-0.05, 0) is 49.9 Å². The predicted molar refractivity (Wildman–Crippen MR) is 127 cm³/mol. The first-order valence-electron chi connectivity index (χ1n) is 12.8. The van der Waals surface area contributed by atoms with Crippen LogP contribution in [0.25, 0.3) is 0 Å². The lowest BCUT2D eigenvalue weighted by molar-refractivity contribution is -0.154. The van der Waals surface area contributed by atoms with Crippen LogP contribution in [0, 0.1) is 11.7 Å². The van der Waals surface area contributed by atoms with E-state index < -0.39 is 5.97 Å². The van der Waals surface area contributed by atoms with Crippen molar-refractivity contribution in [2.75, 3.05) is 52.5 Å². The third kappa shape index (κ3) is 6.58. The molecule has 2 heterocycles. The number of rotatable bonds is 7. The molecule has 35 heavy (non-hydrogen) atoms. The van der Waals surface area contributed by atoms with E-state index in [4.69, 9.17) is 9.47 Å². The van der Waals surface area contributed by atoms with Crippen LogP contribution in [0.5, 0.6) is 0 Å². The van der Waals surface area contributed by atoms with Gasteiger partial charge in [-0.1, -0.05) is 19.3 Å². The molecule has 2 aliphatic heterocycles. The highest BCUT2D eigenvalue weighted by atomic mass is 19.1. The van der Waals surface area contributed by atoms with E-state index in [0.717, 1.165) is 52.0 Å². The van der Waals surface area contributed by atoms with E-state index in [-0.39, 0.29) is 35.7 Å². The van der Waals surface area contributed by atoms with E-state index in [1.807, 2.05) is 0 Å². The number of carbonyl (C=O) groups is 3. The highest BCUT2D eigenvalue weighted by Crippen LogP contribution is 2.33. The molecule has 0 spiro atoms. The summed E-state index contributed by atoms with van der Waals surface area (Å²) >= 11 is 0. The SMILES string of the molecule is O=C(COC(=O)C1CCN(C(=O)c2ccc(F)cc2)CC1)NCC1(N2CCOCC2)CCCCC1. The molecule has 0 bridgehead atoms. The Morgan fingerprint density at radius 1 is 1.00 bits per heavy atom. The van der Waals surface area contributed by atoms with E-state index in [9.17, 15) is 18.8 Å². The topological polar surface area (TPSA) is 88.2 Å². The Hall–Kier alpha value is -2.52. The molecule has 9 heteroatoms. The molecule has 1 aromatic carbocycles. The summed E-state index contributed by atoms with van der Waals surface area (Å²) in [6.45, 7) is 4.33. The van der Waals surface area contributed by atoms with Gasteiger partial charge in [-0.25, -0.2) is 4.39 Å². The molecule has 2 amide bonds. The zero-order valence-corrected chi connectivity index (χ0v) is 20.3. The molecule has 0 atom stereocenters. The van der Waals surface area contributed by atoms with Gasteiger partial charge in [0.25, 0.3) is 11.8 Å². The first kappa shape index (κ1) is 25.6. The number of hydrogen-bond donors (Lipinski definition) is 1. The average molecular weight is 490 g/mol. The van der Waals surface area contributed by atoms with Crippen LogP contribution in [0.3, 0.4) is 0 Å². The maximum Gasteiger partial charge on any atom is 0.309 e. The quantitative estimate of drug-likeness (QED) is 0.592. The summed E-state index contributed by atoms with van der Waals surface area (Å²) in [7, 11) is 0. The standard InChI is InChI=1S/C26H36FN3O5/c27-22-6-4-20(5-7-22)24(32)29-12-8-21(9-13-29)25(33)35-18-23(31)28-19-26(10-2-1-3-11-26)30-14-16-34-17-15-30/h4-7,21H,1-3,8-19H2,(H,28,31). The van der Waals surface area contributed by atoms with Crippen molar-refractivity contribution in [3.63, 3.8) is 0 Å². The van der Waals surface area contributed by atoms with Gasteiger partial charge in [0.15, 0.2) is 6.61 Å². The fraction of sp³-hybridized carbons (Fsp3) is 0.654. The summed E-state index contributed by atoms with van der Waals surface area (Å²) < 4.78 is 23.9. The molecule has 3 aliphatic rings. The first-order valence-corrected chi connectivity index (χ1v) is 12.8. The maximum atomic E-state index is 13.1. The van der Waals surface area contributed by atoms with E-state index in [1.165, 1.54) is 30.7 Å². The Morgan fingerprint density at radius 3 is 2.31 bits per heavy atom. The second-order valence-corrected chi connectivity index (χ2v) is 9.84. The van der Waals surface area contributed by atoms with Crippen molar-refractivity contribution in [3.8, 4) is 0 Å². The van der Waals surface area contributed by atoms with Crippen molar-refractivity contribution >= 4 is 17.8 Å². The summed E-state index contributed by atoms with van der Waals surface area (Å²) in [5.41, 5.74) is 0.392. The van der Waals surface area contributed by atoms with Crippen LogP contribution < -0.4 is 5.32 Å². The number of likely N-dealkylation sites (tertiary alicyclic amines) is 1. The van der Waals surface area contributed by atoms with E-state index in [1.54, 1.807) is 4.90 Å². The van der Waals surface area contributed by atoms with Gasteiger partial charge in [0.1, 0.15) is 5.82 Å². The minimum absolute atomic E-state index is 0.0361. The van der Waals surface area contributed by atoms with Gasteiger partial charge in [-0.3, -0.25) is 19.3 Å². The molecule has 0 radical (unpaired) electrons. The zero-order chi connectivity index (χ0) is 24.7. The van der Waals surface area contributed by atoms with Gasteiger partial charge >= 0.3 is 5.97 Å². The summed E-state index contributed by atoms with van der Waals surface area (Å²) in [6, 6.07) is 5.46. The van der Waals surface area contributed by atoms with Gasteiger partial charge in [0.05, 0.1) is 19.1 Å². The largest absolute Gasteiger partial charge is 0.455 e. The van der Waals surface area contributed by atoms with E-state index in [2.05, 4.69) is 10.2 Å². The van der Waals surface area contributed by atoms with Crippen LogP contribution in [-0.2, 0) is 19.1 Å². The number of carbonyl (C=O) groups excluding carboxylic acids is 3. The average Bonchev–Trinajstić information content (AvgIpc) is 2.91. The maximum absolute atomic E-state index is 13.1. The van der Waals surface area contributed by atoms with Crippen molar-refractivity contribution in [2.24, 2.45) is 5.92 Å². The van der Waals surface area contributed by atoms with Gasteiger partial charge in [-0.15, -0.1) is 0 Å². The van der Waals surface area contributed by atoms with Crippen LogP contribution >= 0.6 is 0 Å². The molecule has 4 rings (SSSR count). The Bertz CT molecular complexity index is 873. The van der Waals surface area contributed by atoms with Gasteiger partial charge in [0, 0.05) is 43.8 Å². The zero-order valence-electron chi connectivity index (χ0n) is 20.3. The molecule has 1 saturated carbocycles. The normalized spacial score (nSPS) is 21.3. The Balaban J connectivity index is 1.19. The molecule has 1 aliphatic carbocycles. The number of nitrogens with zero attached hydrogens (tertiary/aromatic N) is 2. The van der Waals surface area contributed by atoms with Crippen LogP contribution in [0.1, 0.15) is 55.3 Å². The molecule has 8 nitrogen and oxygen atoms in total. The molecule has 1 aromatic rings. The Kier molecular flexibility index (Phi) is 8.73.